The molecule has 0 unspecified atom stereocenters. The molecule has 0 N–H and O–H groups in total. The molecule has 0 fully saturated rings. The predicted octanol–water partition coefficient (Wildman–Crippen LogP) is 4.23. The van der Waals surface area contributed by atoms with Crippen molar-refractivity contribution in [2.75, 3.05) is 7.11 Å². The third-order valence-corrected chi connectivity index (χ3v) is 3.64. The number of para-hydroxylation sites is 1. The Hall–Kier alpha value is -2.69. The van der Waals surface area contributed by atoms with Crippen LogP contribution >= 0.6 is 0 Å². The molecule has 1 atom stereocenters. The Morgan fingerprint density at radius 1 is 1.17 bits per heavy atom. The highest BCUT2D eigenvalue weighted by Gasteiger charge is 2.17. The van der Waals surface area contributed by atoms with Gasteiger partial charge in [-0.25, -0.2) is 4.39 Å². The monoisotopic (exact) mass is 312 g/mol. The van der Waals surface area contributed by atoms with E-state index in [1.54, 1.807) is 13.2 Å². The largest absolute Gasteiger partial charge is 0.496 e. The highest BCUT2D eigenvalue weighted by Crippen LogP contribution is 2.29. The van der Waals surface area contributed by atoms with E-state index in [-0.39, 0.29) is 11.7 Å². The Morgan fingerprint density at radius 2 is 2.00 bits per heavy atom. The molecule has 0 saturated carbocycles. The van der Waals surface area contributed by atoms with E-state index in [0.29, 0.717) is 23.9 Å². The van der Waals surface area contributed by atoms with Crippen LogP contribution in [0.3, 0.4) is 0 Å². The molecule has 3 aromatic rings. The lowest BCUT2D eigenvalue weighted by Crippen LogP contribution is -1.99. The van der Waals surface area contributed by atoms with Gasteiger partial charge in [0.1, 0.15) is 11.6 Å². The molecule has 1 heterocycles. The number of methoxy groups -OCH3 is 1. The average molecular weight is 312 g/mol. The Kier molecular flexibility index (Phi) is 4.37. The molecular weight excluding hydrogens is 295 g/mol. The minimum absolute atomic E-state index is 0.00671. The van der Waals surface area contributed by atoms with Crippen LogP contribution in [-0.2, 0) is 6.42 Å². The number of halogens is 1. The zero-order valence-electron chi connectivity index (χ0n) is 13.0. The van der Waals surface area contributed by atoms with Crippen LogP contribution in [0.1, 0.15) is 24.3 Å². The molecule has 0 aliphatic rings. The number of aromatic nitrogens is 2. The minimum Gasteiger partial charge on any atom is -0.496 e. The first-order valence-electron chi connectivity index (χ1n) is 7.39. The van der Waals surface area contributed by atoms with E-state index in [2.05, 4.69) is 10.1 Å². The van der Waals surface area contributed by atoms with E-state index in [1.165, 1.54) is 12.1 Å². The Morgan fingerprint density at radius 3 is 2.78 bits per heavy atom. The number of ether oxygens (including phenoxy) is 1. The summed E-state index contributed by atoms with van der Waals surface area (Å²) in [6, 6.07) is 14.0. The highest BCUT2D eigenvalue weighted by atomic mass is 19.1. The van der Waals surface area contributed by atoms with E-state index in [4.69, 9.17) is 9.26 Å². The second-order valence-electron chi connectivity index (χ2n) is 5.39. The molecule has 23 heavy (non-hydrogen) atoms. The molecule has 0 saturated heterocycles. The Labute approximate surface area is 133 Å². The maximum absolute atomic E-state index is 13.3. The molecule has 0 bridgehead atoms. The molecule has 0 aliphatic carbocycles. The smallest absolute Gasteiger partial charge is 0.230 e. The molecule has 0 radical (unpaired) electrons. The number of hydrogen-bond donors (Lipinski definition) is 0. The van der Waals surface area contributed by atoms with E-state index >= 15 is 0 Å². The summed E-state index contributed by atoms with van der Waals surface area (Å²) in [5, 5.41) is 4.04. The van der Waals surface area contributed by atoms with Gasteiger partial charge in [0.15, 0.2) is 0 Å². The highest BCUT2D eigenvalue weighted by molar-refractivity contribution is 5.63. The fraction of sp³-hybridized carbons (Fsp3) is 0.222. The zero-order chi connectivity index (χ0) is 16.2. The van der Waals surface area contributed by atoms with Gasteiger partial charge in [-0.2, -0.15) is 4.98 Å². The molecule has 3 rings (SSSR count). The first kappa shape index (κ1) is 15.2. The summed E-state index contributed by atoms with van der Waals surface area (Å²) in [5.41, 5.74) is 1.68. The zero-order valence-corrected chi connectivity index (χ0v) is 13.0. The normalized spacial score (nSPS) is 12.1. The van der Waals surface area contributed by atoms with Crippen LogP contribution in [0.4, 0.5) is 4.39 Å². The second-order valence-corrected chi connectivity index (χ2v) is 5.39. The van der Waals surface area contributed by atoms with Crippen molar-refractivity contribution < 1.29 is 13.7 Å². The summed E-state index contributed by atoms with van der Waals surface area (Å²) < 4.78 is 24.0. The number of hydrogen-bond acceptors (Lipinski definition) is 4. The van der Waals surface area contributed by atoms with Crippen LogP contribution in [0, 0.1) is 5.82 Å². The van der Waals surface area contributed by atoms with Gasteiger partial charge in [-0.15, -0.1) is 0 Å². The number of nitrogens with zero attached hydrogens (tertiary/aromatic N) is 2. The molecule has 5 heteroatoms. The van der Waals surface area contributed by atoms with Crippen LogP contribution in [0.25, 0.3) is 11.4 Å². The Balaban J connectivity index is 1.81. The lowest BCUT2D eigenvalue weighted by atomic mass is 10.0. The van der Waals surface area contributed by atoms with Crippen LogP contribution in [0.2, 0.25) is 0 Å². The topological polar surface area (TPSA) is 48.2 Å². The maximum atomic E-state index is 13.3. The van der Waals surface area contributed by atoms with Crippen molar-refractivity contribution in [3.8, 4) is 17.1 Å². The van der Waals surface area contributed by atoms with Gasteiger partial charge in [0.2, 0.25) is 11.7 Å². The molecule has 118 valence electrons. The van der Waals surface area contributed by atoms with Crippen LogP contribution in [0.15, 0.2) is 53.1 Å². The van der Waals surface area contributed by atoms with Crippen molar-refractivity contribution in [2.45, 2.75) is 19.3 Å². The summed E-state index contributed by atoms with van der Waals surface area (Å²) in [4.78, 5) is 4.46. The van der Waals surface area contributed by atoms with Crippen molar-refractivity contribution in [2.24, 2.45) is 0 Å². The standard InChI is InChI=1S/C18H17FN2O2/c1-12(10-13-6-5-7-14(19)11-13)18-20-17(21-23-18)15-8-3-4-9-16(15)22-2/h3-9,11-12H,10H2,1-2H3/t12-/m1/s1. The van der Waals surface area contributed by atoms with Crippen molar-refractivity contribution in [1.82, 2.24) is 10.1 Å². The van der Waals surface area contributed by atoms with E-state index < -0.39 is 0 Å². The van der Waals surface area contributed by atoms with E-state index in [1.807, 2.05) is 37.3 Å². The van der Waals surface area contributed by atoms with Gasteiger partial charge in [0.25, 0.3) is 0 Å². The molecule has 4 nitrogen and oxygen atoms in total. The van der Waals surface area contributed by atoms with Crippen LogP contribution in [-0.4, -0.2) is 17.3 Å². The average Bonchev–Trinajstić information content (AvgIpc) is 3.05. The summed E-state index contributed by atoms with van der Waals surface area (Å²) in [7, 11) is 1.60. The fourth-order valence-corrected chi connectivity index (χ4v) is 2.48. The van der Waals surface area contributed by atoms with Gasteiger partial charge in [-0.05, 0) is 36.2 Å². The third-order valence-electron chi connectivity index (χ3n) is 3.64. The van der Waals surface area contributed by atoms with Crippen molar-refractivity contribution >= 4 is 0 Å². The van der Waals surface area contributed by atoms with Crippen molar-refractivity contribution in [3.05, 3.63) is 65.8 Å². The van der Waals surface area contributed by atoms with E-state index in [0.717, 1.165) is 11.1 Å². The quantitative estimate of drug-likeness (QED) is 0.707. The van der Waals surface area contributed by atoms with Crippen LogP contribution in [0.5, 0.6) is 5.75 Å². The minimum atomic E-state index is -0.241. The Bertz CT molecular complexity index is 801. The molecule has 0 spiro atoms. The lowest BCUT2D eigenvalue weighted by Gasteiger charge is -2.06. The molecular formula is C18H17FN2O2. The fourth-order valence-electron chi connectivity index (χ4n) is 2.48. The van der Waals surface area contributed by atoms with Crippen molar-refractivity contribution in [1.29, 1.82) is 0 Å². The SMILES string of the molecule is COc1ccccc1-c1noc([C@H](C)Cc2cccc(F)c2)n1. The second kappa shape index (κ2) is 6.60. The molecule has 1 aromatic heterocycles. The summed E-state index contributed by atoms with van der Waals surface area (Å²) >= 11 is 0. The number of rotatable bonds is 5. The van der Waals surface area contributed by atoms with E-state index in [9.17, 15) is 4.39 Å². The maximum Gasteiger partial charge on any atom is 0.230 e. The van der Waals surface area contributed by atoms with Gasteiger partial charge < -0.3 is 9.26 Å². The number of benzene rings is 2. The molecule has 0 amide bonds. The summed E-state index contributed by atoms with van der Waals surface area (Å²) in [6.07, 6.45) is 0.630. The molecule has 2 aromatic carbocycles. The first-order valence-corrected chi connectivity index (χ1v) is 7.39. The van der Waals surface area contributed by atoms with Crippen molar-refractivity contribution in [3.63, 3.8) is 0 Å². The predicted molar refractivity (Wildman–Crippen MR) is 84.8 cm³/mol. The van der Waals surface area contributed by atoms with Gasteiger partial charge in [0, 0.05) is 5.92 Å². The van der Waals surface area contributed by atoms with Gasteiger partial charge in [-0.1, -0.05) is 36.3 Å². The van der Waals surface area contributed by atoms with Crippen LogP contribution < -0.4 is 4.74 Å². The first-order chi connectivity index (χ1) is 11.2. The van der Waals surface area contributed by atoms with Gasteiger partial charge in [0.05, 0.1) is 12.7 Å². The van der Waals surface area contributed by atoms with Gasteiger partial charge in [-0.3, -0.25) is 0 Å². The summed E-state index contributed by atoms with van der Waals surface area (Å²) in [6.45, 7) is 1.98. The molecule has 0 aliphatic heterocycles. The van der Waals surface area contributed by atoms with Gasteiger partial charge >= 0.3 is 0 Å². The third kappa shape index (κ3) is 3.39. The lowest BCUT2D eigenvalue weighted by molar-refractivity contribution is 0.358. The summed E-state index contributed by atoms with van der Waals surface area (Å²) in [5.74, 6) is 1.46.